The lowest BCUT2D eigenvalue weighted by Crippen LogP contribution is -2.36. The Kier molecular flexibility index (Phi) is 8.41. The number of benzene rings is 1. The van der Waals surface area contributed by atoms with Gasteiger partial charge in [-0.2, -0.15) is 4.31 Å². The summed E-state index contributed by atoms with van der Waals surface area (Å²) in [5.74, 6) is 0.424. The second-order valence-corrected chi connectivity index (χ2v) is 9.35. The van der Waals surface area contributed by atoms with E-state index in [1.54, 1.807) is 20.9 Å². The average Bonchev–Trinajstić information content (AvgIpc) is 2.69. The molecule has 0 unspecified atom stereocenters. The molecule has 1 aromatic heterocycles. The summed E-state index contributed by atoms with van der Waals surface area (Å²) >= 11 is 0. The third-order valence-electron chi connectivity index (χ3n) is 4.92. The number of likely N-dealkylation sites (N-methyl/N-ethyl adjacent to an activating group) is 1. The van der Waals surface area contributed by atoms with Crippen LogP contribution in [0.4, 0.5) is 0 Å². The zero-order chi connectivity index (χ0) is 23.2. The molecule has 170 valence electrons. The van der Waals surface area contributed by atoms with Gasteiger partial charge in [-0.3, -0.25) is 9.59 Å². The molecular formula is C22H31N3O5S. The fraction of sp³-hybridized carbons (Fsp3) is 0.455. The number of aromatic nitrogens is 1. The maximum absolute atomic E-state index is 12.7. The number of hydrogen-bond acceptors (Lipinski definition) is 5. The Morgan fingerprint density at radius 1 is 1.06 bits per heavy atom. The molecule has 0 spiro atoms. The highest BCUT2D eigenvalue weighted by atomic mass is 32.2. The number of sulfonamides is 1. The van der Waals surface area contributed by atoms with Gasteiger partial charge in [-0.05, 0) is 43.2 Å². The molecule has 0 saturated heterocycles. The van der Waals surface area contributed by atoms with E-state index in [2.05, 4.69) is 6.07 Å². The second kappa shape index (κ2) is 10.6. The van der Waals surface area contributed by atoms with Crippen LogP contribution in [0.15, 0.2) is 46.2 Å². The molecule has 0 saturated carbocycles. The van der Waals surface area contributed by atoms with Gasteiger partial charge in [0.05, 0.1) is 11.4 Å². The Bertz CT molecular complexity index is 1050. The second-order valence-electron chi connectivity index (χ2n) is 7.41. The first-order valence-electron chi connectivity index (χ1n) is 10.2. The van der Waals surface area contributed by atoms with E-state index < -0.39 is 15.6 Å². The molecule has 1 heterocycles. The molecule has 0 atom stereocenters. The summed E-state index contributed by atoms with van der Waals surface area (Å²) in [6, 6.07) is 8.35. The highest BCUT2D eigenvalue weighted by Gasteiger charge is 2.23. The van der Waals surface area contributed by atoms with Crippen molar-refractivity contribution in [2.45, 2.75) is 39.1 Å². The van der Waals surface area contributed by atoms with Crippen molar-refractivity contribution in [3.8, 4) is 5.75 Å². The van der Waals surface area contributed by atoms with Crippen LogP contribution in [0.2, 0.25) is 0 Å². The maximum Gasteiger partial charge on any atom is 0.251 e. The van der Waals surface area contributed by atoms with Gasteiger partial charge in [-0.1, -0.05) is 19.9 Å². The lowest BCUT2D eigenvalue weighted by molar-refractivity contribution is -0.130. The molecular weight excluding hydrogens is 418 g/mol. The van der Waals surface area contributed by atoms with E-state index in [1.165, 1.54) is 27.5 Å². The number of hydrogen-bond donors (Lipinski definition) is 0. The summed E-state index contributed by atoms with van der Waals surface area (Å²) in [5, 5.41) is 0. The highest BCUT2D eigenvalue weighted by molar-refractivity contribution is 7.89. The normalized spacial score (nSPS) is 11.5. The summed E-state index contributed by atoms with van der Waals surface area (Å²) in [6.07, 6.45) is 1.23. The van der Waals surface area contributed by atoms with Crippen molar-refractivity contribution >= 4 is 15.9 Å². The number of amides is 1. The topological polar surface area (TPSA) is 88.9 Å². The first-order chi connectivity index (χ1) is 14.6. The van der Waals surface area contributed by atoms with E-state index in [9.17, 15) is 18.0 Å². The number of carbonyl (C=O) groups excluding carboxylic acids is 1. The summed E-state index contributed by atoms with van der Waals surface area (Å²) in [6.45, 7) is 8.49. The van der Waals surface area contributed by atoms with Crippen LogP contribution < -0.4 is 10.3 Å². The minimum atomic E-state index is -3.72. The monoisotopic (exact) mass is 449 g/mol. The fourth-order valence-electron chi connectivity index (χ4n) is 3.21. The summed E-state index contributed by atoms with van der Waals surface area (Å²) < 4.78 is 33.6. The minimum absolute atomic E-state index is 0.00981. The Morgan fingerprint density at radius 3 is 2.26 bits per heavy atom. The quantitative estimate of drug-likeness (QED) is 0.554. The van der Waals surface area contributed by atoms with Crippen molar-refractivity contribution in [1.82, 2.24) is 13.8 Å². The van der Waals surface area contributed by atoms with Gasteiger partial charge < -0.3 is 14.2 Å². The summed E-state index contributed by atoms with van der Waals surface area (Å²) in [4.78, 5) is 26.2. The molecule has 0 bridgehead atoms. The summed E-state index contributed by atoms with van der Waals surface area (Å²) in [7, 11) is -2.10. The van der Waals surface area contributed by atoms with Gasteiger partial charge in [-0.15, -0.1) is 0 Å². The number of nitrogens with zero attached hydrogens (tertiary/aromatic N) is 3. The smallest absolute Gasteiger partial charge is 0.251 e. The van der Waals surface area contributed by atoms with Gasteiger partial charge in [0.2, 0.25) is 15.9 Å². The highest BCUT2D eigenvalue weighted by Crippen LogP contribution is 2.16. The number of carbonyl (C=O) groups is 1. The number of rotatable bonds is 10. The van der Waals surface area contributed by atoms with E-state index in [4.69, 9.17) is 4.74 Å². The molecule has 2 rings (SSSR count). The van der Waals surface area contributed by atoms with Crippen LogP contribution >= 0.6 is 0 Å². The zero-order valence-corrected chi connectivity index (χ0v) is 19.6. The molecule has 9 heteroatoms. The zero-order valence-electron chi connectivity index (χ0n) is 18.8. The van der Waals surface area contributed by atoms with E-state index in [0.717, 1.165) is 21.4 Å². The average molecular weight is 450 g/mol. The first-order valence-corrected chi connectivity index (χ1v) is 11.7. The van der Waals surface area contributed by atoms with Gasteiger partial charge in [0.1, 0.15) is 18.9 Å². The largest absolute Gasteiger partial charge is 0.492 e. The molecule has 0 aliphatic carbocycles. The Balaban J connectivity index is 2.04. The first kappa shape index (κ1) is 24.6. The van der Waals surface area contributed by atoms with Crippen LogP contribution in [-0.4, -0.2) is 61.4 Å². The third-order valence-corrected chi connectivity index (χ3v) is 6.95. The van der Waals surface area contributed by atoms with E-state index in [1.807, 2.05) is 26.0 Å². The van der Waals surface area contributed by atoms with Crippen molar-refractivity contribution in [2.24, 2.45) is 0 Å². The molecule has 0 aliphatic rings. The molecule has 0 N–H and O–H groups in total. The van der Waals surface area contributed by atoms with Crippen LogP contribution in [0.1, 0.15) is 25.0 Å². The van der Waals surface area contributed by atoms with Crippen molar-refractivity contribution in [2.75, 3.05) is 33.3 Å². The number of pyridine rings is 1. The summed E-state index contributed by atoms with van der Waals surface area (Å²) in [5.41, 5.74) is 1.75. The molecule has 1 aromatic carbocycles. The van der Waals surface area contributed by atoms with Crippen molar-refractivity contribution in [3.63, 3.8) is 0 Å². The lowest BCUT2D eigenvalue weighted by Gasteiger charge is -2.20. The standard InChI is InChI=1S/C22H31N3O5S/c1-6-25(7-2)31(28,29)20-8-9-21(26)24(15-20)16-22(27)23(5)10-11-30-19-13-17(3)12-18(4)14-19/h8-9,12-15H,6-7,10-11,16H2,1-5H3. The number of aryl methyl sites for hydroxylation is 2. The molecule has 0 aliphatic heterocycles. The van der Waals surface area contributed by atoms with Crippen molar-refractivity contribution in [3.05, 3.63) is 58.0 Å². The van der Waals surface area contributed by atoms with Crippen LogP contribution in [0.3, 0.4) is 0 Å². The van der Waals surface area contributed by atoms with Gasteiger partial charge in [0, 0.05) is 32.4 Å². The van der Waals surface area contributed by atoms with Crippen molar-refractivity contribution < 1.29 is 17.9 Å². The molecule has 31 heavy (non-hydrogen) atoms. The molecule has 2 aromatic rings. The van der Waals surface area contributed by atoms with E-state index in [0.29, 0.717) is 26.2 Å². The van der Waals surface area contributed by atoms with E-state index >= 15 is 0 Å². The SMILES string of the molecule is CCN(CC)S(=O)(=O)c1ccc(=O)n(CC(=O)N(C)CCOc2cc(C)cc(C)c2)c1. The third kappa shape index (κ3) is 6.41. The Hall–Kier alpha value is -2.65. The van der Waals surface area contributed by atoms with E-state index in [-0.39, 0.29) is 17.3 Å². The van der Waals surface area contributed by atoms with Gasteiger partial charge in [0.25, 0.3) is 5.56 Å². The molecule has 1 amide bonds. The molecule has 0 radical (unpaired) electrons. The van der Waals surface area contributed by atoms with Gasteiger partial charge in [0.15, 0.2) is 0 Å². The van der Waals surface area contributed by atoms with Crippen LogP contribution in [0, 0.1) is 13.8 Å². The maximum atomic E-state index is 12.7. The fourth-order valence-corrected chi connectivity index (χ4v) is 4.68. The Morgan fingerprint density at radius 2 is 1.68 bits per heavy atom. The minimum Gasteiger partial charge on any atom is -0.492 e. The van der Waals surface area contributed by atoms with Gasteiger partial charge in [-0.25, -0.2) is 8.42 Å². The van der Waals surface area contributed by atoms with Crippen LogP contribution in [-0.2, 0) is 21.4 Å². The lowest BCUT2D eigenvalue weighted by atomic mass is 10.1. The van der Waals surface area contributed by atoms with Crippen LogP contribution in [0.5, 0.6) is 5.75 Å². The Labute approximate surface area is 184 Å². The molecule has 0 fully saturated rings. The van der Waals surface area contributed by atoms with Crippen molar-refractivity contribution in [1.29, 1.82) is 0 Å². The van der Waals surface area contributed by atoms with Gasteiger partial charge >= 0.3 is 0 Å². The van der Waals surface area contributed by atoms with Crippen LogP contribution in [0.25, 0.3) is 0 Å². The predicted octanol–water partition coefficient (Wildman–Crippen LogP) is 2.03. The number of ether oxygens (including phenoxy) is 1. The molecule has 8 nitrogen and oxygen atoms in total. The predicted molar refractivity (Wildman–Crippen MR) is 120 cm³/mol.